The molecule has 14 nitrogen and oxygen atoms in total. The minimum atomic E-state index is -1.73. The van der Waals surface area contributed by atoms with E-state index in [1.807, 2.05) is 36.4 Å². The average molecular weight is 748 g/mol. The van der Waals surface area contributed by atoms with Crippen molar-refractivity contribution in [1.29, 1.82) is 0 Å². The van der Waals surface area contributed by atoms with Gasteiger partial charge in [0.05, 0.1) is 45.2 Å². The molecule has 7 rings (SSSR count). The average Bonchev–Trinajstić information content (AvgIpc) is 3.51. The van der Waals surface area contributed by atoms with Crippen LogP contribution < -0.4 is 20.4 Å². The van der Waals surface area contributed by atoms with Crippen LogP contribution in [-0.4, -0.2) is 70.5 Å². The van der Waals surface area contributed by atoms with Crippen molar-refractivity contribution in [1.82, 2.24) is 9.55 Å². The highest BCUT2D eigenvalue weighted by atomic mass is 17.0. The predicted molar refractivity (Wildman–Crippen MR) is 195 cm³/mol. The lowest BCUT2D eigenvalue weighted by Crippen LogP contribution is -2.44. The summed E-state index contributed by atoms with van der Waals surface area (Å²) in [5, 5.41) is 21.5. The zero-order valence-electron chi connectivity index (χ0n) is 29.9. The molecule has 4 aromatic carbocycles. The van der Waals surface area contributed by atoms with Gasteiger partial charge >= 0.3 is 17.6 Å². The van der Waals surface area contributed by atoms with Crippen LogP contribution in [-0.2, 0) is 29.4 Å². The van der Waals surface area contributed by atoms with Crippen molar-refractivity contribution in [2.24, 2.45) is 0 Å². The predicted octanol–water partition coefficient (Wildman–Crippen LogP) is 4.03. The Morgan fingerprint density at radius 2 is 1.42 bits per heavy atom. The number of hydrogen-bond donors (Lipinski definition) is 2. The molecule has 0 amide bonds. The molecule has 3 atom stereocenters. The van der Waals surface area contributed by atoms with Gasteiger partial charge in [0, 0.05) is 29.2 Å². The summed E-state index contributed by atoms with van der Waals surface area (Å²) < 4.78 is 18.7. The smallest absolute Gasteiger partial charge is 0.352 e. The van der Waals surface area contributed by atoms with E-state index in [0.717, 1.165) is 4.57 Å². The fraction of sp³-hybridized carbons (Fsp3) is 0.244. The lowest BCUT2D eigenvalue weighted by atomic mass is 9.63. The molecule has 2 N–H and O–H groups in total. The Morgan fingerprint density at radius 3 is 1.95 bits per heavy atom. The second kappa shape index (κ2) is 15.6. The van der Waals surface area contributed by atoms with Gasteiger partial charge in [-0.15, -0.1) is 0 Å². The van der Waals surface area contributed by atoms with E-state index in [9.17, 15) is 24.6 Å². The van der Waals surface area contributed by atoms with Gasteiger partial charge in [-0.3, -0.25) is 9.36 Å². The molecule has 0 bridgehead atoms. The SMILES string of the molecule is COc1ccc(C(c2ccccc2)(c2ccccc2)c2c(N3OC(=O)CCC(=O)O3)nc(=O)n(C3CC(O)C(CO)O3)c2C(=O)c2ccccc2)c(OC)c1. The first kappa shape index (κ1) is 37.0. The first-order chi connectivity index (χ1) is 26.7. The third-order valence-corrected chi connectivity index (χ3v) is 9.71. The van der Waals surface area contributed by atoms with Crippen LogP contribution in [0.25, 0.3) is 0 Å². The molecule has 0 aliphatic carbocycles. The number of aliphatic hydroxyl groups excluding tert-OH is 2. The molecule has 0 radical (unpaired) electrons. The number of benzene rings is 4. The molecule has 0 spiro atoms. The van der Waals surface area contributed by atoms with Crippen LogP contribution in [0.5, 0.6) is 11.5 Å². The minimum absolute atomic E-state index is 0.0742. The number of nitrogens with zero attached hydrogens (tertiary/aromatic N) is 3. The summed E-state index contributed by atoms with van der Waals surface area (Å²) in [5.41, 5.74) is -1.57. The van der Waals surface area contributed by atoms with Crippen LogP contribution in [0.15, 0.2) is 114 Å². The summed E-state index contributed by atoms with van der Waals surface area (Å²) in [4.78, 5) is 71.8. The van der Waals surface area contributed by atoms with Crippen molar-refractivity contribution in [3.63, 3.8) is 0 Å². The van der Waals surface area contributed by atoms with Gasteiger partial charge in [-0.05, 0) is 22.4 Å². The minimum Gasteiger partial charge on any atom is -0.497 e. The molecule has 2 saturated heterocycles. The normalized spacial score (nSPS) is 18.6. The Labute approximate surface area is 315 Å². The summed E-state index contributed by atoms with van der Waals surface area (Å²) >= 11 is 0. The number of hydrogen-bond acceptors (Lipinski definition) is 13. The summed E-state index contributed by atoms with van der Waals surface area (Å²) in [7, 11) is 2.97. The third kappa shape index (κ3) is 6.71. The second-order valence-electron chi connectivity index (χ2n) is 12.9. The van der Waals surface area contributed by atoms with Crippen molar-refractivity contribution in [3.05, 3.63) is 153 Å². The van der Waals surface area contributed by atoms with Gasteiger partial charge in [0.25, 0.3) is 0 Å². The van der Waals surface area contributed by atoms with Gasteiger partial charge in [0.2, 0.25) is 11.6 Å². The molecule has 3 heterocycles. The van der Waals surface area contributed by atoms with Crippen LogP contribution in [0.4, 0.5) is 5.82 Å². The Bertz CT molecular complexity index is 2210. The zero-order chi connectivity index (χ0) is 38.7. The number of aromatic nitrogens is 2. The van der Waals surface area contributed by atoms with Crippen molar-refractivity contribution < 1.29 is 48.5 Å². The fourth-order valence-corrected chi connectivity index (χ4v) is 7.22. The lowest BCUT2D eigenvalue weighted by molar-refractivity contribution is -0.167. The Balaban J connectivity index is 1.75. The second-order valence-corrected chi connectivity index (χ2v) is 12.9. The largest absolute Gasteiger partial charge is 0.497 e. The molecule has 282 valence electrons. The van der Waals surface area contributed by atoms with E-state index in [2.05, 4.69) is 4.98 Å². The highest BCUT2D eigenvalue weighted by molar-refractivity contribution is 6.10. The van der Waals surface area contributed by atoms with Gasteiger partial charge in [-0.1, -0.05) is 97.1 Å². The summed E-state index contributed by atoms with van der Waals surface area (Å²) in [5.74, 6) is -2.19. The van der Waals surface area contributed by atoms with Gasteiger partial charge in [-0.2, -0.15) is 4.98 Å². The van der Waals surface area contributed by atoms with Crippen molar-refractivity contribution >= 4 is 23.5 Å². The number of carbonyl (C=O) groups is 3. The van der Waals surface area contributed by atoms with Gasteiger partial charge in [-0.25, -0.2) is 14.4 Å². The molecule has 5 aromatic rings. The molecule has 14 heteroatoms. The van der Waals surface area contributed by atoms with Crippen molar-refractivity contribution in [2.45, 2.75) is 43.1 Å². The van der Waals surface area contributed by atoms with E-state index < -0.39 is 59.7 Å². The Kier molecular flexibility index (Phi) is 10.5. The number of aliphatic hydroxyl groups is 2. The quantitative estimate of drug-likeness (QED) is 0.147. The number of anilines is 1. The van der Waals surface area contributed by atoms with Crippen LogP contribution in [0.1, 0.15) is 63.8 Å². The lowest BCUT2D eigenvalue weighted by Gasteiger charge is -2.40. The Morgan fingerprint density at radius 1 is 0.836 bits per heavy atom. The van der Waals surface area contributed by atoms with Crippen LogP contribution >= 0.6 is 0 Å². The topological polar surface area (TPSA) is 176 Å². The number of ketones is 1. The molecular weight excluding hydrogens is 710 g/mol. The van der Waals surface area contributed by atoms with E-state index in [4.69, 9.17) is 23.9 Å². The van der Waals surface area contributed by atoms with E-state index in [0.29, 0.717) is 27.7 Å². The summed E-state index contributed by atoms with van der Waals surface area (Å²) in [6, 6.07) is 31.3. The Hall–Kier alpha value is -6.35. The van der Waals surface area contributed by atoms with Crippen LogP contribution in [0, 0.1) is 0 Å². The van der Waals surface area contributed by atoms with E-state index >= 15 is 4.79 Å². The van der Waals surface area contributed by atoms with Crippen molar-refractivity contribution in [2.75, 3.05) is 26.1 Å². The first-order valence-electron chi connectivity index (χ1n) is 17.5. The maximum absolute atomic E-state index is 15.4. The third-order valence-electron chi connectivity index (χ3n) is 9.71. The van der Waals surface area contributed by atoms with E-state index in [-0.39, 0.29) is 41.8 Å². The summed E-state index contributed by atoms with van der Waals surface area (Å²) in [6.45, 7) is -0.576. The van der Waals surface area contributed by atoms with Crippen LogP contribution in [0.2, 0.25) is 0 Å². The molecule has 2 aliphatic heterocycles. The standard InChI is InChI=1S/C41H37N3O11/c1-51-28-18-19-29(31(22-28)52-2)41(26-14-8-4-9-15-26,27-16-10-5-11-17-27)36-37(38(49)25-12-6-3-7-13-25)43(33-23-30(46)32(24-45)53-33)40(50)42-39(36)44-54-34(47)20-21-35(48)55-44/h3-19,22,30,32-33,45-46H,20-21,23-24H2,1-2H3. The van der Waals surface area contributed by atoms with Crippen molar-refractivity contribution in [3.8, 4) is 11.5 Å². The molecule has 0 saturated carbocycles. The molecule has 2 fully saturated rings. The monoisotopic (exact) mass is 747 g/mol. The molecule has 2 aliphatic rings. The van der Waals surface area contributed by atoms with E-state index in [1.165, 1.54) is 14.2 Å². The number of methoxy groups -OCH3 is 2. The molecule has 55 heavy (non-hydrogen) atoms. The summed E-state index contributed by atoms with van der Waals surface area (Å²) in [6.07, 6.45) is -4.50. The van der Waals surface area contributed by atoms with Gasteiger partial charge < -0.3 is 34.1 Å². The zero-order valence-corrected chi connectivity index (χ0v) is 29.9. The van der Waals surface area contributed by atoms with Gasteiger partial charge in [0.15, 0.2) is 0 Å². The molecule has 1 aromatic heterocycles. The fourth-order valence-electron chi connectivity index (χ4n) is 7.22. The van der Waals surface area contributed by atoms with Crippen LogP contribution in [0.3, 0.4) is 0 Å². The number of ether oxygens (including phenoxy) is 3. The molecular formula is C41H37N3O11. The first-order valence-corrected chi connectivity index (χ1v) is 17.5. The maximum Gasteiger partial charge on any atom is 0.352 e. The van der Waals surface area contributed by atoms with Gasteiger partial charge in [0.1, 0.15) is 29.5 Å². The highest BCUT2D eigenvalue weighted by Crippen LogP contribution is 2.53. The maximum atomic E-state index is 15.4. The molecule has 3 unspecified atom stereocenters. The highest BCUT2D eigenvalue weighted by Gasteiger charge is 2.50. The van der Waals surface area contributed by atoms with E-state index in [1.54, 1.807) is 72.8 Å². The number of carbonyl (C=O) groups excluding carboxylic acids is 3. The number of rotatable bonds is 11.